The predicted molar refractivity (Wildman–Crippen MR) is 94.1 cm³/mol. The first kappa shape index (κ1) is 17.2. The normalized spacial score (nSPS) is 11.8. The van der Waals surface area contributed by atoms with E-state index < -0.39 is 0 Å². The largest absolute Gasteiger partial charge is 0.496 e. The van der Waals surface area contributed by atoms with Crippen LogP contribution in [0, 0.1) is 0 Å². The summed E-state index contributed by atoms with van der Waals surface area (Å²) in [7, 11) is 1.50. The number of carbonyl (C=O) groups excluding carboxylic acids is 1. The lowest BCUT2D eigenvalue weighted by Gasteiger charge is -2.18. The van der Waals surface area contributed by atoms with Crippen molar-refractivity contribution < 1.29 is 9.53 Å². The van der Waals surface area contributed by atoms with E-state index in [1.807, 2.05) is 25.1 Å². The zero-order chi connectivity index (χ0) is 16.8. The van der Waals surface area contributed by atoms with E-state index in [4.69, 9.17) is 22.1 Å². The number of methoxy groups -OCH3 is 1. The summed E-state index contributed by atoms with van der Waals surface area (Å²) in [6, 6.07) is 13.2. The Morgan fingerprint density at radius 3 is 2.61 bits per heavy atom. The molecule has 2 rings (SSSR count). The summed E-state index contributed by atoms with van der Waals surface area (Å²) in [4.78, 5) is 12.6. The molecule has 0 aliphatic rings. The standard InChI is InChI=1S/C18H21ClN2O2/c1-3-13(9-12-7-5-4-6-8-12)21-18(22)14-10-15(19)16(20)11-17(14)23-2/h4-8,10-11,13H,3,9,20H2,1-2H3,(H,21,22). The van der Waals surface area contributed by atoms with Gasteiger partial charge in [-0.3, -0.25) is 4.79 Å². The van der Waals surface area contributed by atoms with Crippen LogP contribution in [0.1, 0.15) is 29.3 Å². The molecule has 3 N–H and O–H groups in total. The van der Waals surface area contributed by atoms with E-state index in [9.17, 15) is 4.79 Å². The van der Waals surface area contributed by atoms with E-state index in [2.05, 4.69) is 17.4 Å². The van der Waals surface area contributed by atoms with Gasteiger partial charge in [0, 0.05) is 12.1 Å². The number of nitrogens with two attached hydrogens (primary N) is 1. The summed E-state index contributed by atoms with van der Waals surface area (Å²) in [5.41, 5.74) is 7.71. The molecule has 1 atom stereocenters. The third kappa shape index (κ3) is 4.39. The molecule has 1 unspecified atom stereocenters. The zero-order valence-electron chi connectivity index (χ0n) is 13.3. The highest BCUT2D eigenvalue weighted by atomic mass is 35.5. The van der Waals surface area contributed by atoms with Crippen molar-refractivity contribution in [3.8, 4) is 5.75 Å². The lowest BCUT2D eigenvalue weighted by atomic mass is 10.0. The molecule has 0 aromatic heterocycles. The fraction of sp³-hybridized carbons (Fsp3) is 0.278. The number of amides is 1. The van der Waals surface area contributed by atoms with Crippen LogP contribution in [-0.2, 0) is 6.42 Å². The van der Waals surface area contributed by atoms with Crippen molar-refractivity contribution in [2.24, 2.45) is 0 Å². The molecule has 0 bridgehead atoms. The number of hydrogen-bond donors (Lipinski definition) is 2. The maximum Gasteiger partial charge on any atom is 0.255 e. The van der Waals surface area contributed by atoms with Crippen LogP contribution in [0.25, 0.3) is 0 Å². The van der Waals surface area contributed by atoms with E-state index >= 15 is 0 Å². The number of hydrogen-bond acceptors (Lipinski definition) is 3. The fourth-order valence-corrected chi connectivity index (χ4v) is 2.54. The van der Waals surface area contributed by atoms with Gasteiger partial charge in [-0.1, -0.05) is 48.9 Å². The first-order chi connectivity index (χ1) is 11.0. The second-order valence-corrected chi connectivity index (χ2v) is 5.75. The maximum atomic E-state index is 12.6. The fourth-order valence-electron chi connectivity index (χ4n) is 2.37. The molecule has 0 saturated carbocycles. The Hall–Kier alpha value is -2.20. The van der Waals surface area contributed by atoms with Crippen molar-refractivity contribution >= 4 is 23.2 Å². The highest BCUT2D eigenvalue weighted by Crippen LogP contribution is 2.28. The molecule has 0 radical (unpaired) electrons. The van der Waals surface area contributed by atoms with E-state index in [1.54, 1.807) is 12.1 Å². The van der Waals surface area contributed by atoms with Gasteiger partial charge >= 0.3 is 0 Å². The van der Waals surface area contributed by atoms with E-state index in [0.29, 0.717) is 22.0 Å². The number of anilines is 1. The van der Waals surface area contributed by atoms with Crippen LogP contribution in [0.2, 0.25) is 5.02 Å². The SMILES string of the molecule is CCC(Cc1ccccc1)NC(=O)c1cc(Cl)c(N)cc1OC. The molecule has 2 aromatic rings. The van der Waals surface area contributed by atoms with Crippen LogP contribution in [0.3, 0.4) is 0 Å². The third-order valence-electron chi connectivity index (χ3n) is 3.72. The second-order valence-electron chi connectivity index (χ2n) is 5.34. The first-order valence-electron chi connectivity index (χ1n) is 7.53. The molecular weight excluding hydrogens is 312 g/mol. The minimum atomic E-state index is -0.216. The molecular formula is C18H21ClN2O2. The van der Waals surface area contributed by atoms with Crippen molar-refractivity contribution in [2.45, 2.75) is 25.8 Å². The van der Waals surface area contributed by atoms with Gasteiger partial charge in [0.25, 0.3) is 5.91 Å². The Labute approximate surface area is 141 Å². The Bertz CT molecular complexity index is 674. The number of nitrogens with one attached hydrogen (secondary N) is 1. The summed E-state index contributed by atoms with van der Waals surface area (Å²) in [6.07, 6.45) is 1.60. The van der Waals surface area contributed by atoms with Gasteiger partial charge in [0.15, 0.2) is 0 Å². The third-order valence-corrected chi connectivity index (χ3v) is 4.04. The summed E-state index contributed by atoms with van der Waals surface area (Å²) in [6.45, 7) is 2.04. The molecule has 0 spiro atoms. The number of nitrogen functional groups attached to an aromatic ring is 1. The van der Waals surface area contributed by atoms with Gasteiger partial charge in [-0.05, 0) is 24.5 Å². The minimum absolute atomic E-state index is 0.0333. The monoisotopic (exact) mass is 332 g/mol. The number of halogens is 1. The van der Waals surface area contributed by atoms with Gasteiger partial charge in [0.1, 0.15) is 5.75 Å². The van der Waals surface area contributed by atoms with Gasteiger partial charge in [0.05, 0.1) is 23.4 Å². The molecule has 5 heteroatoms. The molecule has 0 saturated heterocycles. The number of carbonyl (C=O) groups is 1. The smallest absolute Gasteiger partial charge is 0.255 e. The Morgan fingerprint density at radius 1 is 1.30 bits per heavy atom. The average Bonchev–Trinajstić information content (AvgIpc) is 2.57. The van der Waals surface area contributed by atoms with Gasteiger partial charge in [0.2, 0.25) is 0 Å². The molecule has 0 aliphatic carbocycles. The van der Waals surface area contributed by atoms with Gasteiger partial charge in [-0.25, -0.2) is 0 Å². The molecule has 0 aliphatic heterocycles. The van der Waals surface area contributed by atoms with Crippen molar-refractivity contribution in [1.82, 2.24) is 5.32 Å². The zero-order valence-corrected chi connectivity index (χ0v) is 14.1. The van der Waals surface area contributed by atoms with E-state index in [-0.39, 0.29) is 11.9 Å². The molecule has 0 heterocycles. The number of ether oxygens (including phenoxy) is 1. The predicted octanol–water partition coefficient (Wildman–Crippen LogP) is 3.68. The molecule has 1 amide bonds. The summed E-state index contributed by atoms with van der Waals surface area (Å²) < 4.78 is 5.24. The van der Waals surface area contributed by atoms with Crippen molar-refractivity contribution in [3.63, 3.8) is 0 Å². The number of rotatable bonds is 6. The lowest BCUT2D eigenvalue weighted by Crippen LogP contribution is -2.36. The van der Waals surface area contributed by atoms with Crippen molar-refractivity contribution in [2.75, 3.05) is 12.8 Å². The van der Waals surface area contributed by atoms with Crippen LogP contribution in [0.4, 0.5) is 5.69 Å². The highest BCUT2D eigenvalue weighted by molar-refractivity contribution is 6.33. The Kier molecular flexibility index (Phi) is 5.88. The van der Waals surface area contributed by atoms with Crippen LogP contribution >= 0.6 is 11.6 Å². The van der Waals surface area contributed by atoms with Gasteiger partial charge in [-0.15, -0.1) is 0 Å². The van der Waals surface area contributed by atoms with Gasteiger partial charge < -0.3 is 15.8 Å². The molecule has 122 valence electrons. The number of benzene rings is 2. The average molecular weight is 333 g/mol. The summed E-state index contributed by atoms with van der Waals surface area (Å²) >= 11 is 6.03. The lowest BCUT2D eigenvalue weighted by molar-refractivity contribution is 0.0933. The van der Waals surface area contributed by atoms with E-state index in [0.717, 1.165) is 12.8 Å². The molecule has 4 nitrogen and oxygen atoms in total. The first-order valence-corrected chi connectivity index (χ1v) is 7.90. The topological polar surface area (TPSA) is 64.4 Å². The van der Waals surface area contributed by atoms with Crippen LogP contribution in [0.15, 0.2) is 42.5 Å². The molecule has 23 heavy (non-hydrogen) atoms. The highest BCUT2D eigenvalue weighted by Gasteiger charge is 2.18. The van der Waals surface area contributed by atoms with Gasteiger partial charge in [-0.2, -0.15) is 0 Å². The van der Waals surface area contributed by atoms with E-state index in [1.165, 1.54) is 12.7 Å². The Morgan fingerprint density at radius 2 is 2.00 bits per heavy atom. The summed E-state index contributed by atoms with van der Waals surface area (Å²) in [5.74, 6) is 0.200. The Balaban J connectivity index is 2.15. The maximum absolute atomic E-state index is 12.6. The van der Waals surface area contributed by atoms with Crippen LogP contribution < -0.4 is 15.8 Å². The van der Waals surface area contributed by atoms with Crippen LogP contribution in [-0.4, -0.2) is 19.1 Å². The van der Waals surface area contributed by atoms with Crippen molar-refractivity contribution in [3.05, 3.63) is 58.6 Å². The molecule has 2 aromatic carbocycles. The van der Waals surface area contributed by atoms with Crippen molar-refractivity contribution in [1.29, 1.82) is 0 Å². The van der Waals surface area contributed by atoms with Crippen LogP contribution in [0.5, 0.6) is 5.75 Å². The second kappa shape index (κ2) is 7.88. The summed E-state index contributed by atoms with van der Waals surface area (Å²) in [5, 5.41) is 3.37. The minimum Gasteiger partial charge on any atom is -0.496 e. The quantitative estimate of drug-likeness (QED) is 0.793. The molecule has 0 fully saturated rings.